The third kappa shape index (κ3) is 7.17. The lowest BCUT2D eigenvalue weighted by Gasteiger charge is -2.14. The van der Waals surface area contributed by atoms with E-state index in [9.17, 15) is 0 Å². The number of hydrogen-bond acceptors (Lipinski definition) is 4. The van der Waals surface area contributed by atoms with Crippen LogP contribution in [0.1, 0.15) is 13.8 Å². The van der Waals surface area contributed by atoms with Crippen LogP contribution in [-0.4, -0.2) is 14.5 Å². The smallest absolute Gasteiger partial charge is 0.160 e. The second-order valence-corrected chi connectivity index (χ2v) is 17.7. The normalized spacial score (nSPS) is 11.5. The van der Waals surface area contributed by atoms with Gasteiger partial charge in [0.1, 0.15) is 22.3 Å². The summed E-state index contributed by atoms with van der Waals surface area (Å²) in [7, 11) is 0. The molecule has 0 aliphatic carbocycles. The molecule has 0 unspecified atom stereocenters. The first-order chi connectivity index (χ1) is 35.2. The molecule has 4 aromatic heterocycles. The Hall–Kier alpha value is -9.32. The Bertz CT molecular complexity index is 4310. The van der Waals surface area contributed by atoms with Crippen LogP contribution in [0.5, 0.6) is 0 Å². The van der Waals surface area contributed by atoms with Crippen LogP contribution in [0.25, 0.3) is 139 Å². The number of rotatable bonds is 7. The standard InChI is InChI=1S/C64H39N3O2.C2H6/c1-3-15-40(16-4-1)42-32-34-58-55(37-42)53-27-13-25-48(43-19-11-20-44(35-43)49-26-14-28-54-51-24-8-10-30-60(51)69-63(49)54)62(53)67(58)47-22-12-21-45(36-47)56-39-57(66-64(65-56)41-17-5-2-6-18-41)46-31-33-52-50-23-7-9-29-59(50)68-61(52)38-46;1-2/h1-39H;1-2H3. The summed E-state index contributed by atoms with van der Waals surface area (Å²) in [6.45, 7) is 4.00. The largest absolute Gasteiger partial charge is 0.456 e. The van der Waals surface area contributed by atoms with Crippen molar-refractivity contribution in [2.24, 2.45) is 0 Å². The summed E-state index contributed by atoms with van der Waals surface area (Å²) in [5.74, 6) is 0.656. The quantitative estimate of drug-likeness (QED) is 0.160. The van der Waals surface area contributed by atoms with Gasteiger partial charge in [-0.3, -0.25) is 0 Å². The van der Waals surface area contributed by atoms with Gasteiger partial charge >= 0.3 is 0 Å². The lowest BCUT2D eigenvalue weighted by Crippen LogP contribution is -1.98. The van der Waals surface area contributed by atoms with Crippen LogP contribution >= 0.6 is 0 Å². The Morgan fingerprint density at radius 2 is 0.873 bits per heavy atom. The second kappa shape index (κ2) is 17.3. The molecule has 0 saturated carbocycles. The molecule has 0 atom stereocenters. The predicted molar refractivity (Wildman–Crippen MR) is 295 cm³/mol. The summed E-state index contributed by atoms with van der Waals surface area (Å²) in [6, 6.07) is 83.4. The van der Waals surface area contributed by atoms with Crippen molar-refractivity contribution < 1.29 is 8.83 Å². The van der Waals surface area contributed by atoms with Gasteiger partial charge < -0.3 is 13.4 Å². The van der Waals surface area contributed by atoms with Crippen LogP contribution in [0, 0.1) is 0 Å². The topological polar surface area (TPSA) is 57.0 Å². The molecule has 71 heavy (non-hydrogen) atoms. The van der Waals surface area contributed by atoms with Gasteiger partial charge in [0.25, 0.3) is 0 Å². The zero-order chi connectivity index (χ0) is 47.4. The van der Waals surface area contributed by atoms with Gasteiger partial charge in [-0.15, -0.1) is 0 Å². The SMILES string of the molecule is CC.c1ccc(-c2ccc3c(c2)c2cccc(-c4cccc(-c5cccc6c5oc5ccccc56)c4)c2n3-c2cccc(-c3cc(-c4ccc5c(c4)oc4ccccc45)nc(-c4ccccc4)n3)c2)cc1. The highest BCUT2D eigenvalue weighted by Crippen LogP contribution is 2.43. The van der Waals surface area contributed by atoms with Crippen molar-refractivity contribution in [1.82, 2.24) is 14.5 Å². The first-order valence-corrected chi connectivity index (χ1v) is 24.3. The van der Waals surface area contributed by atoms with Crippen LogP contribution in [-0.2, 0) is 0 Å². The van der Waals surface area contributed by atoms with E-state index in [0.29, 0.717) is 5.82 Å². The molecular weight excluding hydrogens is 867 g/mol. The van der Waals surface area contributed by atoms with Crippen molar-refractivity contribution in [1.29, 1.82) is 0 Å². The molecule has 10 aromatic carbocycles. The summed E-state index contributed by atoms with van der Waals surface area (Å²) in [5.41, 5.74) is 18.0. The van der Waals surface area contributed by atoms with E-state index in [2.05, 4.69) is 193 Å². The van der Waals surface area contributed by atoms with Gasteiger partial charge in [-0.25, -0.2) is 9.97 Å². The Morgan fingerprint density at radius 3 is 1.65 bits per heavy atom. The van der Waals surface area contributed by atoms with Gasteiger partial charge in [-0.1, -0.05) is 190 Å². The molecule has 0 amide bonds. The summed E-state index contributed by atoms with van der Waals surface area (Å²) in [5, 5.41) is 6.77. The van der Waals surface area contributed by atoms with E-state index >= 15 is 0 Å². The van der Waals surface area contributed by atoms with E-state index in [1.54, 1.807) is 0 Å². The van der Waals surface area contributed by atoms with Crippen molar-refractivity contribution in [3.63, 3.8) is 0 Å². The van der Waals surface area contributed by atoms with Crippen LogP contribution in [0.2, 0.25) is 0 Å². The summed E-state index contributed by atoms with van der Waals surface area (Å²) in [4.78, 5) is 10.5. The first kappa shape index (κ1) is 41.8. The van der Waals surface area contributed by atoms with Crippen molar-refractivity contribution in [3.05, 3.63) is 237 Å². The van der Waals surface area contributed by atoms with Crippen molar-refractivity contribution >= 4 is 65.7 Å². The molecule has 0 spiro atoms. The lowest BCUT2D eigenvalue weighted by molar-refractivity contribution is 0.669. The molecule has 336 valence electrons. The Balaban J connectivity index is 0.00000243. The molecule has 0 radical (unpaired) electrons. The Kier molecular flexibility index (Phi) is 10.2. The number of fused-ring (bicyclic) bond motifs is 9. The number of nitrogens with zero attached hydrogens (tertiary/aromatic N) is 3. The number of para-hydroxylation sites is 4. The van der Waals surface area contributed by atoms with Crippen molar-refractivity contribution in [2.75, 3.05) is 0 Å². The lowest BCUT2D eigenvalue weighted by atomic mass is 9.96. The van der Waals surface area contributed by atoms with Gasteiger partial charge in [0, 0.05) is 65.8 Å². The van der Waals surface area contributed by atoms with Gasteiger partial charge in [0.2, 0.25) is 0 Å². The third-order valence-corrected chi connectivity index (χ3v) is 13.6. The number of furan rings is 2. The van der Waals surface area contributed by atoms with E-state index in [1.165, 1.54) is 21.9 Å². The molecule has 0 bridgehead atoms. The second-order valence-electron chi connectivity index (χ2n) is 17.7. The highest BCUT2D eigenvalue weighted by molar-refractivity contribution is 6.15. The van der Waals surface area contributed by atoms with Gasteiger partial charge in [0.05, 0.1) is 22.4 Å². The highest BCUT2D eigenvalue weighted by Gasteiger charge is 2.20. The van der Waals surface area contributed by atoms with E-state index < -0.39 is 0 Å². The van der Waals surface area contributed by atoms with E-state index in [4.69, 9.17) is 18.8 Å². The van der Waals surface area contributed by atoms with Gasteiger partial charge in [-0.05, 0) is 82.9 Å². The van der Waals surface area contributed by atoms with Crippen LogP contribution in [0.15, 0.2) is 245 Å². The summed E-state index contributed by atoms with van der Waals surface area (Å²) >= 11 is 0. The molecule has 4 heterocycles. The Morgan fingerprint density at radius 1 is 0.324 bits per heavy atom. The van der Waals surface area contributed by atoms with Crippen LogP contribution < -0.4 is 0 Å². The highest BCUT2D eigenvalue weighted by atomic mass is 16.3. The maximum Gasteiger partial charge on any atom is 0.160 e. The van der Waals surface area contributed by atoms with Gasteiger partial charge in [-0.2, -0.15) is 0 Å². The number of aromatic nitrogens is 3. The van der Waals surface area contributed by atoms with E-state index in [1.807, 2.05) is 62.4 Å². The maximum absolute atomic E-state index is 6.54. The van der Waals surface area contributed by atoms with Crippen molar-refractivity contribution in [3.8, 4) is 73.0 Å². The Labute approximate surface area is 410 Å². The summed E-state index contributed by atoms with van der Waals surface area (Å²) in [6.07, 6.45) is 0. The summed E-state index contributed by atoms with van der Waals surface area (Å²) < 4.78 is 15.3. The van der Waals surface area contributed by atoms with Crippen LogP contribution in [0.3, 0.4) is 0 Å². The fourth-order valence-corrected chi connectivity index (χ4v) is 10.4. The number of benzene rings is 10. The molecular formula is C66H45N3O2. The minimum Gasteiger partial charge on any atom is -0.456 e. The van der Waals surface area contributed by atoms with Crippen molar-refractivity contribution in [2.45, 2.75) is 13.8 Å². The predicted octanol–water partition coefficient (Wildman–Crippen LogP) is 18.4. The molecule has 5 heteroatoms. The minimum absolute atomic E-state index is 0.656. The molecule has 0 N–H and O–H groups in total. The fourth-order valence-electron chi connectivity index (χ4n) is 10.4. The van der Waals surface area contributed by atoms with E-state index in [0.717, 1.165) is 111 Å². The average Bonchev–Trinajstić information content (AvgIpc) is 4.13. The first-order valence-electron chi connectivity index (χ1n) is 24.3. The zero-order valence-corrected chi connectivity index (χ0v) is 39.2. The zero-order valence-electron chi connectivity index (χ0n) is 39.2. The van der Waals surface area contributed by atoms with E-state index in [-0.39, 0.29) is 0 Å². The molecule has 14 aromatic rings. The number of hydrogen-bond donors (Lipinski definition) is 0. The fraction of sp³-hybridized carbons (Fsp3) is 0.0303. The maximum atomic E-state index is 6.54. The van der Waals surface area contributed by atoms with Crippen LogP contribution in [0.4, 0.5) is 0 Å². The molecule has 0 aliphatic heterocycles. The molecule has 0 fully saturated rings. The monoisotopic (exact) mass is 911 g/mol. The third-order valence-electron chi connectivity index (χ3n) is 13.6. The molecule has 0 saturated heterocycles. The molecule has 14 rings (SSSR count). The average molecular weight is 912 g/mol. The van der Waals surface area contributed by atoms with Gasteiger partial charge in [0.15, 0.2) is 5.82 Å². The molecule has 0 aliphatic rings. The molecule has 5 nitrogen and oxygen atoms in total. The minimum atomic E-state index is 0.656.